The Balaban J connectivity index is 3.93. The molecule has 3 heteroatoms. The Kier molecular flexibility index (Phi) is 5.14. The maximum absolute atomic E-state index is 11.4. The molecule has 0 aliphatic rings. The molecule has 0 aromatic heterocycles. The monoisotopic (exact) mass is 173 g/mol. The van der Waals surface area contributed by atoms with Gasteiger partial charge in [-0.2, -0.15) is 5.26 Å². The quantitative estimate of drug-likeness (QED) is 0.651. The predicted octanol–water partition coefficient (Wildman–Crippen LogP) is 1.84. The summed E-state index contributed by atoms with van der Waals surface area (Å²) in [5.74, 6) is 0. The van der Waals surface area contributed by atoms with Crippen LogP contribution in [0.15, 0.2) is 0 Å². The van der Waals surface area contributed by atoms with Crippen LogP contribution in [0.4, 0.5) is 0 Å². The lowest BCUT2D eigenvalue weighted by atomic mass is 10.4. The first-order valence-corrected chi connectivity index (χ1v) is 5.17. The lowest BCUT2D eigenvalue weighted by Gasteiger charge is -2.12. The molecule has 11 heavy (non-hydrogen) atoms. The van der Waals surface area contributed by atoms with Gasteiger partial charge in [0, 0.05) is 27.7 Å². The first-order valence-electron chi connectivity index (χ1n) is 3.89. The van der Waals surface area contributed by atoms with Crippen LogP contribution in [0.1, 0.15) is 33.6 Å². The van der Waals surface area contributed by atoms with E-state index in [1.807, 2.05) is 26.8 Å². The minimum atomic E-state index is -0.832. The van der Waals surface area contributed by atoms with Crippen molar-refractivity contribution >= 4 is 10.8 Å². The van der Waals surface area contributed by atoms with Crippen molar-refractivity contribution in [3.05, 3.63) is 0 Å². The van der Waals surface area contributed by atoms with E-state index >= 15 is 0 Å². The van der Waals surface area contributed by atoms with Gasteiger partial charge in [0.2, 0.25) is 0 Å². The average molecular weight is 173 g/mol. The van der Waals surface area contributed by atoms with Gasteiger partial charge in [-0.25, -0.2) is 0 Å². The maximum Gasteiger partial charge on any atom is 0.0634 e. The summed E-state index contributed by atoms with van der Waals surface area (Å²) in [6.45, 7) is 5.84. The van der Waals surface area contributed by atoms with Gasteiger partial charge in [0.25, 0.3) is 0 Å². The van der Waals surface area contributed by atoms with E-state index in [-0.39, 0.29) is 10.5 Å². The predicted molar refractivity (Wildman–Crippen MR) is 47.6 cm³/mol. The van der Waals surface area contributed by atoms with E-state index in [0.29, 0.717) is 6.42 Å². The van der Waals surface area contributed by atoms with Crippen molar-refractivity contribution in [1.82, 2.24) is 0 Å². The Labute approximate surface area is 71.1 Å². The van der Waals surface area contributed by atoms with Crippen molar-refractivity contribution in [2.75, 3.05) is 0 Å². The molecule has 0 amide bonds. The molecule has 0 heterocycles. The molecule has 0 rings (SSSR count). The molecule has 64 valence electrons. The normalized spacial score (nSPS) is 18.4. The Morgan fingerprint density at radius 1 is 1.45 bits per heavy atom. The van der Waals surface area contributed by atoms with E-state index < -0.39 is 10.8 Å². The largest absolute Gasteiger partial charge is 0.259 e. The van der Waals surface area contributed by atoms with Gasteiger partial charge in [0.05, 0.1) is 6.07 Å². The molecule has 3 unspecified atom stereocenters. The molecular weight excluding hydrogens is 158 g/mol. The van der Waals surface area contributed by atoms with Gasteiger partial charge in [-0.05, 0) is 13.3 Å². The van der Waals surface area contributed by atoms with Gasteiger partial charge in [-0.1, -0.05) is 13.8 Å². The smallest absolute Gasteiger partial charge is 0.0634 e. The molecule has 0 saturated heterocycles. The lowest BCUT2D eigenvalue weighted by molar-refractivity contribution is 0.659. The molecule has 2 nitrogen and oxygen atoms in total. The zero-order valence-electron chi connectivity index (χ0n) is 7.33. The fourth-order valence-electron chi connectivity index (χ4n) is 0.772. The molecule has 0 fully saturated rings. The van der Waals surface area contributed by atoms with Gasteiger partial charge in [0.15, 0.2) is 0 Å². The molecule has 0 aromatic rings. The maximum atomic E-state index is 11.4. The van der Waals surface area contributed by atoms with Crippen molar-refractivity contribution < 1.29 is 4.21 Å². The summed E-state index contributed by atoms with van der Waals surface area (Å²) in [7, 11) is -0.832. The number of nitrogens with zero attached hydrogens (tertiary/aromatic N) is 1. The summed E-state index contributed by atoms with van der Waals surface area (Å²) in [5, 5.41) is 8.60. The number of hydrogen-bond acceptors (Lipinski definition) is 2. The molecule has 0 saturated carbocycles. The van der Waals surface area contributed by atoms with Crippen LogP contribution in [0.2, 0.25) is 0 Å². The molecule has 0 aliphatic heterocycles. The third-order valence-corrected chi connectivity index (χ3v) is 3.83. The highest BCUT2D eigenvalue weighted by Gasteiger charge is 2.15. The molecule has 0 bridgehead atoms. The van der Waals surface area contributed by atoms with Gasteiger partial charge >= 0.3 is 0 Å². The van der Waals surface area contributed by atoms with Crippen LogP contribution in [0.3, 0.4) is 0 Å². The summed E-state index contributed by atoms with van der Waals surface area (Å²) in [6.07, 6.45) is 1.32. The second-order valence-electron chi connectivity index (χ2n) is 2.72. The standard InChI is InChI=1S/C8H15NOS/c1-4-7(2)11(10)8(3)5-6-9/h7-8H,4-5H2,1-3H3. The van der Waals surface area contributed by atoms with E-state index in [0.717, 1.165) is 6.42 Å². The zero-order valence-corrected chi connectivity index (χ0v) is 8.15. The Morgan fingerprint density at radius 3 is 2.36 bits per heavy atom. The highest BCUT2D eigenvalue weighted by atomic mass is 32.2. The lowest BCUT2D eigenvalue weighted by Crippen LogP contribution is -2.20. The van der Waals surface area contributed by atoms with Gasteiger partial charge in [-0.15, -0.1) is 0 Å². The van der Waals surface area contributed by atoms with Crippen molar-refractivity contribution in [2.24, 2.45) is 0 Å². The highest BCUT2D eigenvalue weighted by molar-refractivity contribution is 7.86. The number of nitriles is 1. The van der Waals surface area contributed by atoms with Gasteiger partial charge < -0.3 is 0 Å². The van der Waals surface area contributed by atoms with E-state index in [1.165, 1.54) is 0 Å². The minimum absolute atomic E-state index is 0.0231. The Hall–Kier alpha value is -0.360. The van der Waals surface area contributed by atoms with Crippen molar-refractivity contribution in [3.63, 3.8) is 0 Å². The van der Waals surface area contributed by atoms with Crippen LogP contribution >= 0.6 is 0 Å². The second-order valence-corrected chi connectivity index (χ2v) is 4.99. The second kappa shape index (κ2) is 5.31. The van der Waals surface area contributed by atoms with E-state index in [2.05, 4.69) is 0 Å². The van der Waals surface area contributed by atoms with Gasteiger partial charge in [0.1, 0.15) is 0 Å². The fraction of sp³-hybridized carbons (Fsp3) is 0.875. The van der Waals surface area contributed by atoms with Crippen LogP contribution in [0.25, 0.3) is 0 Å². The molecule has 0 N–H and O–H groups in total. The molecule has 0 radical (unpaired) electrons. The Morgan fingerprint density at radius 2 is 2.00 bits per heavy atom. The van der Waals surface area contributed by atoms with Crippen LogP contribution < -0.4 is 0 Å². The topological polar surface area (TPSA) is 40.9 Å². The van der Waals surface area contributed by atoms with Crippen molar-refractivity contribution in [1.29, 1.82) is 5.26 Å². The average Bonchev–Trinajstić information content (AvgIpc) is 2.02. The zero-order chi connectivity index (χ0) is 8.85. The molecule has 0 aliphatic carbocycles. The van der Waals surface area contributed by atoms with Crippen LogP contribution in [0.5, 0.6) is 0 Å². The summed E-state index contributed by atoms with van der Waals surface area (Å²) < 4.78 is 11.4. The van der Waals surface area contributed by atoms with Gasteiger partial charge in [-0.3, -0.25) is 4.21 Å². The third-order valence-electron chi connectivity index (χ3n) is 1.75. The summed E-state index contributed by atoms with van der Waals surface area (Å²) in [5.41, 5.74) is 0. The number of hydrogen-bond donors (Lipinski definition) is 0. The molecule has 3 atom stereocenters. The minimum Gasteiger partial charge on any atom is -0.259 e. The first kappa shape index (κ1) is 10.6. The van der Waals surface area contributed by atoms with Crippen LogP contribution in [-0.4, -0.2) is 14.7 Å². The van der Waals surface area contributed by atoms with Crippen molar-refractivity contribution in [3.8, 4) is 6.07 Å². The molecule has 0 spiro atoms. The van der Waals surface area contributed by atoms with Crippen LogP contribution in [-0.2, 0) is 10.8 Å². The Bertz CT molecular complexity index is 173. The highest BCUT2D eigenvalue weighted by Crippen LogP contribution is 2.09. The summed E-state index contributed by atoms with van der Waals surface area (Å²) >= 11 is 0. The summed E-state index contributed by atoms with van der Waals surface area (Å²) in [6, 6.07) is 2.03. The first-order chi connectivity index (χ1) is 5.13. The van der Waals surface area contributed by atoms with E-state index in [1.54, 1.807) is 0 Å². The SMILES string of the molecule is CCC(C)S(=O)C(C)CC#N. The van der Waals surface area contributed by atoms with E-state index in [9.17, 15) is 4.21 Å². The summed E-state index contributed by atoms with van der Waals surface area (Å²) in [4.78, 5) is 0. The number of rotatable bonds is 4. The van der Waals surface area contributed by atoms with Crippen molar-refractivity contribution in [2.45, 2.75) is 44.1 Å². The van der Waals surface area contributed by atoms with E-state index in [4.69, 9.17) is 5.26 Å². The molecule has 0 aromatic carbocycles. The van der Waals surface area contributed by atoms with Crippen LogP contribution in [0, 0.1) is 11.3 Å². The third kappa shape index (κ3) is 3.52. The molecular formula is C8H15NOS. The fourth-order valence-corrected chi connectivity index (χ4v) is 2.13.